The van der Waals surface area contributed by atoms with E-state index in [1.807, 2.05) is 12.1 Å². The molecule has 4 rings (SSSR count). The monoisotopic (exact) mass is 632 g/mol. The van der Waals surface area contributed by atoms with Gasteiger partial charge in [0.05, 0.1) is 11.6 Å². The van der Waals surface area contributed by atoms with Gasteiger partial charge in [-0.05, 0) is 25.0 Å². The molecular formula is C30H32F2IN2OP. The second-order valence-electron chi connectivity index (χ2n) is 9.01. The third kappa shape index (κ3) is 6.91. The summed E-state index contributed by atoms with van der Waals surface area (Å²) in [4.78, 5) is 12.5. The maximum absolute atomic E-state index is 14.2. The zero-order valence-corrected chi connectivity index (χ0v) is 24.5. The van der Waals surface area contributed by atoms with Gasteiger partial charge in [-0.25, -0.2) is 8.78 Å². The van der Waals surface area contributed by atoms with E-state index >= 15 is 0 Å². The van der Waals surface area contributed by atoms with E-state index in [9.17, 15) is 8.78 Å². The molecule has 3 nitrogen and oxygen atoms in total. The van der Waals surface area contributed by atoms with E-state index in [1.54, 1.807) is 6.21 Å². The van der Waals surface area contributed by atoms with Gasteiger partial charge in [0, 0.05) is 5.71 Å². The molecule has 0 saturated heterocycles. The summed E-state index contributed by atoms with van der Waals surface area (Å²) in [7, 11) is 2.79. The maximum atomic E-state index is 14.2. The average molecular weight is 632 g/mol. The van der Waals surface area contributed by atoms with Crippen molar-refractivity contribution < 1.29 is 13.6 Å². The molecule has 194 valence electrons. The third-order valence-corrected chi connectivity index (χ3v) is 11.5. The third-order valence-electron chi connectivity index (χ3n) is 6.39. The summed E-state index contributed by atoms with van der Waals surface area (Å²) in [5.74, 6) is -1.12. The number of hydrogen-bond acceptors (Lipinski definition) is 3. The SMILES string of the molecule is C=C(O/N=C/c1ccc(-c2ccc(C3CCC(c4c(F)cccc4F)=N3)c(P)c2)cc1)I(C)CCCC. The summed E-state index contributed by atoms with van der Waals surface area (Å²) < 4.78 is 30.5. The van der Waals surface area contributed by atoms with E-state index in [0.717, 1.165) is 37.7 Å². The van der Waals surface area contributed by atoms with Crippen LogP contribution in [0, 0.1) is 11.6 Å². The molecule has 0 saturated carbocycles. The van der Waals surface area contributed by atoms with E-state index in [-0.39, 0.29) is 11.6 Å². The van der Waals surface area contributed by atoms with Crippen molar-refractivity contribution in [2.45, 2.75) is 38.6 Å². The predicted octanol–water partition coefficient (Wildman–Crippen LogP) is 8.21. The summed E-state index contributed by atoms with van der Waals surface area (Å²) in [6.45, 7) is 6.25. The fourth-order valence-corrected chi connectivity index (χ4v) is 7.67. The van der Waals surface area contributed by atoms with Crippen molar-refractivity contribution in [2.75, 3.05) is 9.36 Å². The van der Waals surface area contributed by atoms with Gasteiger partial charge in [0.15, 0.2) is 0 Å². The Hall–Kier alpha value is -2.44. The van der Waals surface area contributed by atoms with Crippen molar-refractivity contribution in [3.8, 4) is 11.1 Å². The summed E-state index contributed by atoms with van der Waals surface area (Å²) in [6.07, 6.45) is 5.41. The summed E-state index contributed by atoms with van der Waals surface area (Å²) >= 11 is -1.28. The van der Waals surface area contributed by atoms with E-state index < -0.39 is 31.5 Å². The number of benzene rings is 3. The zero-order valence-electron chi connectivity index (χ0n) is 21.2. The van der Waals surface area contributed by atoms with Gasteiger partial charge >= 0.3 is 155 Å². The van der Waals surface area contributed by atoms with Gasteiger partial charge in [-0.15, -0.1) is 0 Å². The minimum atomic E-state index is -1.28. The van der Waals surface area contributed by atoms with Crippen molar-refractivity contribution in [3.63, 3.8) is 0 Å². The van der Waals surface area contributed by atoms with Gasteiger partial charge in [0.1, 0.15) is 11.6 Å². The quantitative estimate of drug-likeness (QED) is 0.0554. The number of hydrogen-bond donors (Lipinski definition) is 0. The molecule has 0 amide bonds. The molecule has 0 aliphatic carbocycles. The topological polar surface area (TPSA) is 34.0 Å². The van der Waals surface area contributed by atoms with Crippen molar-refractivity contribution in [3.05, 3.63) is 99.3 Å². The van der Waals surface area contributed by atoms with Gasteiger partial charge in [0.25, 0.3) is 0 Å². The Morgan fingerprint density at radius 1 is 1.14 bits per heavy atom. The van der Waals surface area contributed by atoms with Gasteiger partial charge in [-0.2, -0.15) is 0 Å². The number of halogens is 3. The second-order valence-corrected chi connectivity index (χ2v) is 15.3. The van der Waals surface area contributed by atoms with Gasteiger partial charge in [-0.1, -0.05) is 6.07 Å². The van der Waals surface area contributed by atoms with Crippen molar-refractivity contribution in [1.29, 1.82) is 0 Å². The Balaban J connectivity index is 1.42. The van der Waals surface area contributed by atoms with Crippen molar-refractivity contribution in [1.82, 2.24) is 0 Å². The Morgan fingerprint density at radius 3 is 2.51 bits per heavy atom. The molecule has 1 heterocycles. The normalized spacial score (nSPS) is 15.6. The Kier molecular flexibility index (Phi) is 9.60. The molecule has 1 aliphatic heterocycles. The predicted molar refractivity (Wildman–Crippen MR) is 164 cm³/mol. The second kappa shape index (κ2) is 12.9. The van der Waals surface area contributed by atoms with Crippen molar-refractivity contribution in [2.24, 2.45) is 10.1 Å². The van der Waals surface area contributed by atoms with Crippen LogP contribution in [0.2, 0.25) is 0 Å². The first-order chi connectivity index (χ1) is 17.9. The van der Waals surface area contributed by atoms with Gasteiger partial charge < -0.3 is 0 Å². The first kappa shape index (κ1) is 27.6. The molecule has 3 aromatic carbocycles. The Labute approximate surface area is 227 Å². The standard InChI is InChI=1S/C30H32F2IN2OP/c1-4-5-17-33(3)20(2)36-34-19-21-9-11-22(12-10-21)23-13-14-24(29(37)18-23)27-15-16-28(35-27)30-25(31)7-6-8-26(30)32/h6-14,18-19,27H,2,4-5,15-17,37H2,1,3H3/b34-19+. The fraction of sp³-hybridized carbons (Fsp3) is 0.267. The summed E-state index contributed by atoms with van der Waals surface area (Å²) in [5.41, 5.74) is 4.68. The Morgan fingerprint density at radius 2 is 1.84 bits per heavy atom. The van der Waals surface area contributed by atoms with E-state index in [4.69, 9.17) is 4.84 Å². The molecule has 0 aromatic heterocycles. The number of aliphatic imine (C=N–C) groups is 1. The molecule has 0 spiro atoms. The molecule has 7 heteroatoms. The van der Waals surface area contributed by atoms with Crippen LogP contribution in [0.4, 0.5) is 8.78 Å². The summed E-state index contributed by atoms with van der Waals surface area (Å²) in [5, 5.41) is 5.16. The molecule has 2 atom stereocenters. The van der Waals surface area contributed by atoms with Crippen LogP contribution in [0.3, 0.4) is 0 Å². The number of oxime groups is 1. The van der Waals surface area contributed by atoms with Crippen LogP contribution < -0.4 is 5.30 Å². The number of alkyl halides is 2. The fourth-order valence-electron chi connectivity index (χ4n) is 4.24. The van der Waals surface area contributed by atoms with Crippen LogP contribution >= 0.6 is 29.1 Å². The first-order valence-electron chi connectivity index (χ1n) is 12.3. The molecule has 0 N–H and O–H groups in total. The Bertz CT molecular complexity index is 1300. The van der Waals surface area contributed by atoms with Crippen LogP contribution in [-0.2, 0) is 4.84 Å². The molecule has 37 heavy (non-hydrogen) atoms. The number of nitrogens with zero attached hydrogens (tertiary/aromatic N) is 2. The van der Waals surface area contributed by atoms with E-state index in [2.05, 4.69) is 68.2 Å². The number of rotatable bonds is 10. The average Bonchev–Trinajstić information content (AvgIpc) is 3.36. The van der Waals surface area contributed by atoms with Crippen LogP contribution in [0.15, 0.2) is 81.2 Å². The first-order valence-corrected chi connectivity index (χ1v) is 17.7. The molecule has 3 aromatic rings. The van der Waals surface area contributed by atoms with Crippen LogP contribution in [0.1, 0.15) is 55.3 Å². The molecular weight excluding hydrogens is 600 g/mol. The van der Waals surface area contributed by atoms with E-state index in [1.165, 1.54) is 35.5 Å². The van der Waals surface area contributed by atoms with Crippen LogP contribution in [-0.4, -0.2) is 21.3 Å². The molecule has 0 fully saturated rings. The van der Waals surface area contributed by atoms with E-state index in [0.29, 0.717) is 12.1 Å². The van der Waals surface area contributed by atoms with Gasteiger partial charge in [-0.3, -0.25) is 4.99 Å². The van der Waals surface area contributed by atoms with Gasteiger partial charge in [0.2, 0.25) is 0 Å². The molecule has 0 bridgehead atoms. The molecule has 1 aliphatic rings. The molecule has 2 unspecified atom stereocenters. The van der Waals surface area contributed by atoms with Crippen LogP contribution in [0.25, 0.3) is 11.1 Å². The zero-order chi connectivity index (χ0) is 26.4. The minimum absolute atomic E-state index is 0.00128. The van der Waals surface area contributed by atoms with Crippen LogP contribution in [0.5, 0.6) is 0 Å². The number of unbranched alkanes of at least 4 members (excludes halogenated alkanes) is 1. The summed E-state index contributed by atoms with van der Waals surface area (Å²) in [6, 6.07) is 18.2. The van der Waals surface area contributed by atoms with Crippen molar-refractivity contribution >= 4 is 46.3 Å². The molecule has 0 radical (unpaired) electrons.